The van der Waals surface area contributed by atoms with E-state index in [9.17, 15) is 0 Å². The lowest BCUT2D eigenvalue weighted by Gasteiger charge is -2.09. The highest BCUT2D eigenvalue weighted by Gasteiger charge is 2.06. The van der Waals surface area contributed by atoms with Gasteiger partial charge in [0.25, 0.3) is 0 Å². The molecular weight excluding hydrogens is 176 g/mol. The first kappa shape index (κ1) is 9.20. The summed E-state index contributed by atoms with van der Waals surface area (Å²) < 4.78 is 10.4. The molecule has 0 heterocycles. The summed E-state index contributed by atoms with van der Waals surface area (Å²) in [5, 5.41) is 0.580. The zero-order chi connectivity index (χ0) is 8.97. The van der Waals surface area contributed by atoms with Crippen LogP contribution in [-0.4, -0.2) is 13.7 Å². The van der Waals surface area contributed by atoms with Gasteiger partial charge in [0.15, 0.2) is 11.5 Å². The van der Waals surface area contributed by atoms with Crippen LogP contribution in [0.4, 0.5) is 0 Å². The first-order chi connectivity index (χ1) is 5.79. The average Bonchev–Trinajstić information content (AvgIpc) is 2.09. The molecule has 0 aromatic heterocycles. The Morgan fingerprint density at radius 2 is 2.17 bits per heavy atom. The summed E-state index contributed by atoms with van der Waals surface area (Å²) in [5.74, 6) is 1.29. The Balaban J connectivity index is 3.02. The summed E-state index contributed by atoms with van der Waals surface area (Å²) in [6.07, 6.45) is 0. The third-order valence-corrected chi connectivity index (χ3v) is 1.74. The van der Waals surface area contributed by atoms with Gasteiger partial charge < -0.3 is 9.47 Å². The molecule has 0 spiro atoms. The highest BCUT2D eigenvalue weighted by Crippen LogP contribution is 2.34. The lowest BCUT2D eigenvalue weighted by Crippen LogP contribution is -1.95. The second-order valence-electron chi connectivity index (χ2n) is 2.20. The van der Waals surface area contributed by atoms with Gasteiger partial charge in [-0.1, -0.05) is 17.7 Å². The predicted molar refractivity (Wildman–Crippen MR) is 49.2 cm³/mol. The maximum Gasteiger partial charge on any atom is 0.179 e. The average molecular weight is 187 g/mol. The van der Waals surface area contributed by atoms with Crippen molar-refractivity contribution in [2.45, 2.75) is 6.92 Å². The van der Waals surface area contributed by atoms with Gasteiger partial charge in [0.05, 0.1) is 18.7 Å². The summed E-state index contributed by atoms with van der Waals surface area (Å²) in [4.78, 5) is 0. The standard InChI is InChI=1S/C9H11ClO2/c1-3-12-9-7(10)5-4-6-8(9)11-2/h4-6H,3H2,1-2H3. The smallest absolute Gasteiger partial charge is 0.179 e. The van der Waals surface area contributed by atoms with Crippen molar-refractivity contribution in [1.82, 2.24) is 0 Å². The lowest BCUT2D eigenvalue weighted by molar-refractivity contribution is 0.311. The molecule has 12 heavy (non-hydrogen) atoms. The van der Waals surface area contributed by atoms with Crippen molar-refractivity contribution in [3.8, 4) is 11.5 Å². The van der Waals surface area contributed by atoms with Crippen LogP contribution in [0.25, 0.3) is 0 Å². The molecule has 0 aliphatic rings. The van der Waals surface area contributed by atoms with Gasteiger partial charge in [-0.05, 0) is 19.1 Å². The van der Waals surface area contributed by atoms with Crippen LogP contribution in [0.1, 0.15) is 6.92 Å². The van der Waals surface area contributed by atoms with E-state index < -0.39 is 0 Å². The largest absolute Gasteiger partial charge is 0.493 e. The molecule has 0 aliphatic carbocycles. The third kappa shape index (κ3) is 1.83. The van der Waals surface area contributed by atoms with Crippen molar-refractivity contribution < 1.29 is 9.47 Å². The van der Waals surface area contributed by atoms with Crippen LogP contribution < -0.4 is 9.47 Å². The van der Waals surface area contributed by atoms with Crippen molar-refractivity contribution in [3.05, 3.63) is 23.2 Å². The molecule has 0 aliphatic heterocycles. The van der Waals surface area contributed by atoms with E-state index in [1.54, 1.807) is 13.2 Å². The first-order valence-corrected chi connectivity index (χ1v) is 4.12. The second-order valence-corrected chi connectivity index (χ2v) is 2.61. The van der Waals surface area contributed by atoms with Crippen LogP contribution in [0.3, 0.4) is 0 Å². The lowest BCUT2D eigenvalue weighted by atomic mass is 10.3. The number of ether oxygens (including phenoxy) is 2. The van der Waals surface area contributed by atoms with Gasteiger partial charge in [-0.25, -0.2) is 0 Å². The van der Waals surface area contributed by atoms with E-state index in [0.717, 1.165) is 0 Å². The van der Waals surface area contributed by atoms with Crippen LogP contribution >= 0.6 is 11.6 Å². The highest BCUT2D eigenvalue weighted by molar-refractivity contribution is 6.32. The van der Waals surface area contributed by atoms with E-state index in [4.69, 9.17) is 21.1 Å². The molecular formula is C9H11ClO2. The fourth-order valence-corrected chi connectivity index (χ4v) is 1.15. The number of hydrogen-bond acceptors (Lipinski definition) is 2. The molecule has 0 N–H and O–H groups in total. The van der Waals surface area contributed by atoms with E-state index in [1.807, 2.05) is 19.1 Å². The molecule has 66 valence electrons. The van der Waals surface area contributed by atoms with Crippen LogP contribution in [0.5, 0.6) is 11.5 Å². The molecule has 0 unspecified atom stereocenters. The fraction of sp³-hybridized carbons (Fsp3) is 0.333. The zero-order valence-corrected chi connectivity index (χ0v) is 7.89. The van der Waals surface area contributed by atoms with Gasteiger partial charge in [0.1, 0.15) is 0 Å². The number of rotatable bonds is 3. The van der Waals surface area contributed by atoms with Gasteiger partial charge in [0, 0.05) is 0 Å². The highest BCUT2D eigenvalue weighted by atomic mass is 35.5. The Bertz CT molecular complexity index is 261. The van der Waals surface area contributed by atoms with Crippen LogP contribution in [0.2, 0.25) is 5.02 Å². The van der Waals surface area contributed by atoms with Gasteiger partial charge in [-0.15, -0.1) is 0 Å². The molecule has 0 fully saturated rings. The van der Waals surface area contributed by atoms with Crippen LogP contribution in [0.15, 0.2) is 18.2 Å². The van der Waals surface area contributed by atoms with Gasteiger partial charge >= 0.3 is 0 Å². The maximum atomic E-state index is 5.88. The van der Waals surface area contributed by atoms with E-state index in [2.05, 4.69) is 0 Å². The number of methoxy groups -OCH3 is 1. The van der Waals surface area contributed by atoms with Crippen LogP contribution in [-0.2, 0) is 0 Å². The summed E-state index contributed by atoms with van der Waals surface area (Å²) in [6.45, 7) is 2.49. The van der Waals surface area contributed by atoms with Crippen molar-refractivity contribution in [2.24, 2.45) is 0 Å². The van der Waals surface area contributed by atoms with Gasteiger partial charge in [-0.2, -0.15) is 0 Å². The number of para-hydroxylation sites is 1. The number of benzene rings is 1. The van der Waals surface area contributed by atoms with Crippen molar-refractivity contribution in [3.63, 3.8) is 0 Å². The molecule has 0 saturated heterocycles. The Morgan fingerprint density at radius 3 is 2.75 bits per heavy atom. The molecule has 2 nitrogen and oxygen atoms in total. The third-order valence-electron chi connectivity index (χ3n) is 1.44. The summed E-state index contributed by atoms with van der Waals surface area (Å²) >= 11 is 5.88. The van der Waals surface area contributed by atoms with E-state index >= 15 is 0 Å². The molecule has 0 radical (unpaired) electrons. The fourth-order valence-electron chi connectivity index (χ4n) is 0.934. The molecule has 0 bridgehead atoms. The number of halogens is 1. The topological polar surface area (TPSA) is 18.5 Å². The van der Waals surface area contributed by atoms with Gasteiger partial charge in [0.2, 0.25) is 0 Å². The molecule has 0 amide bonds. The van der Waals surface area contributed by atoms with E-state index in [-0.39, 0.29) is 0 Å². The molecule has 1 rings (SSSR count). The minimum atomic E-state index is 0.580. The molecule has 1 aromatic carbocycles. The molecule has 0 saturated carbocycles. The Labute approximate surface area is 77.1 Å². The van der Waals surface area contributed by atoms with Crippen molar-refractivity contribution in [2.75, 3.05) is 13.7 Å². The van der Waals surface area contributed by atoms with Crippen molar-refractivity contribution in [1.29, 1.82) is 0 Å². The Kier molecular flexibility index (Phi) is 3.23. The number of hydrogen-bond donors (Lipinski definition) is 0. The maximum absolute atomic E-state index is 5.88. The summed E-state index contributed by atoms with van der Waals surface area (Å²) in [6, 6.07) is 5.41. The Hall–Kier alpha value is -0.890. The molecule has 3 heteroatoms. The SMILES string of the molecule is CCOc1c(Cl)cccc1OC. The zero-order valence-electron chi connectivity index (χ0n) is 7.13. The molecule has 1 aromatic rings. The minimum absolute atomic E-state index is 0.580. The predicted octanol–water partition coefficient (Wildman–Crippen LogP) is 2.75. The minimum Gasteiger partial charge on any atom is -0.493 e. The van der Waals surface area contributed by atoms with Crippen molar-refractivity contribution >= 4 is 11.6 Å². The quantitative estimate of drug-likeness (QED) is 0.723. The van der Waals surface area contributed by atoms with Crippen LogP contribution in [0, 0.1) is 0 Å². The summed E-state index contributed by atoms with van der Waals surface area (Å²) in [7, 11) is 1.59. The van der Waals surface area contributed by atoms with Gasteiger partial charge in [-0.3, -0.25) is 0 Å². The second kappa shape index (κ2) is 4.21. The van der Waals surface area contributed by atoms with E-state index in [0.29, 0.717) is 23.1 Å². The monoisotopic (exact) mass is 186 g/mol. The summed E-state index contributed by atoms with van der Waals surface area (Å²) in [5.41, 5.74) is 0. The normalized spacial score (nSPS) is 9.58. The van der Waals surface area contributed by atoms with E-state index in [1.165, 1.54) is 0 Å². The first-order valence-electron chi connectivity index (χ1n) is 3.75. The molecule has 0 atom stereocenters. The Morgan fingerprint density at radius 1 is 1.42 bits per heavy atom.